The Morgan fingerprint density at radius 3 is 2.54 bits per heavy atom. The van der Waals surface area contributed by atoms with E-state index in [9.17, 15) is 9.59 Å². The van der Waals surface area contributed by atoms with Crippen molar-refractivity contribution in [3.63, 3.8) is 0 Å². The van der Waals surface area contributed by atoms with E-state index in [2.05, 4.69) is 0 Å². The molecule has 2 N–H and O–H groups in total. The molecule has 0 aromatic heterocycles. The smallest absolute Gasteiger partial charge is 0.262 e. The second-order valence-electron chi connectivity index (χ2n) is 5.49. The van der Waals surface area contributed by atoms with E-state index in [0.29, 0.717) is 29.2 Å². The Morgan fingerprint density at radius 1 is 1.12 bits per heavy atom. The Hall–Kier alpha value is -3.02. The van der Waals surface area contributed by atoms with Gasteiger partial charge in [0.15, 0.2) is 0 Å². The lowest BCUT2D eigenvalue weighted by atomic mass is 10.1. The van der Waals surface area contributed by atoms with Crippen LogP contribution in [0.4, 0.5) is 5.69 Å². The molecule has 0 fully saturated rings. The first-order valence-electron chi connectivity index (χ1n) is 7.49. The SMILES string of the molecule is COc1ccc(C(=O)N2c3ccccc3C[C@H]2C(N)=O)c(OC)c1. The van der Waals surface area contributed by atoms with Crippen LogP contribution in [0.2, 0.25) is 0 Å². The second-order valence-corrected chi connectivity index (χ2v) is 5.49. The monoisotopic (exact) mass is 326 g/mol. The fourth-order valence-electron chi connectivity index (χ4n) is 2.97. The largest absolute Gasteiger partial charge is 0.497 e. The van der Waals surface area contributed by atoms with E-state index in [4.69, 9.17) is 15.2 Å². The van der Waals surface area contributed by atoms with E-state index in [1.54, 1.807) is 18.2 Å². The molecule has 124 valence electrons. The Labute approximate surface area is 139 Å². The number of amides is 2. The minimum absolute atomic E-state index is 0.330. The van der Waals surface area contributed by atoms with Crippen LogP contribution >= 0.6 is 0 Å². The van der Waals surface area contributed by atoms with E-state index < -0.39 is 11.9 Å². The summed E-state index contributed by atoms with van der Waals surface area (Å²) in [5, 5.41) is 0. The van der Waals surface area contributed by atoms with Gasteiger partial charge in [0, 0.05) is 18.2 Å². The molecular formula is C18H18N2O4. The number of carbonyl (C=O) groups excluding carboxylic acids is 2. The standard InChI is InChI=1S/C18H18N2O4/c1-23-12-7-8-13(16(10-12)24-2)18(22)20-14-6-4-3-5-11(14)9-15(20)17(19)21/h3-8,10,15H,9H2,1-2H3,(H2,19,21)/t15-/m0/s1. The van der Waals surface area contributed by atoms with Gasteiger partial charge >= 0.3 is 0 Å². The van der Waals surface area contributed by atoms with Crippen LogP contribution in [0, 0.1) is 0 Å². The van der Waals surface area contributed by atoms with Crippen LogP contribution in [0.25, 0.3) is 0 Å². The topological polar surface area (TPSA) is 81.9 Å². The lowest BCUT2D eigenvalue weighted by Crippen LogP contribution is -2.46. The number of hydrogen-bond donors (Lipinski definition) is 1. The minimum Gasteiger partial charge on any atom is -0.497 e. The molecule has 1 heterocycles. The van der Waals surface area contributed by atoms with Crippen molar-refractivity contribution in [2.45, 2.75) is 12.5 Å². The number of carbonyl (C=O) groups is 2. The first-order chi connectivity index (χ1) is 11.6. The lowest BCUT2D eigenvalue weighted by molar-refractivity contribution is -0.119. The van der Waals surface area contributed by atoms with Gasteiger partial charge in [-0.25, -0.2) is 0 Å². The number of para-hydroxylation sites is 1. The van der Waals surface area contributed by atoms with E-state index in [1.165, 1.54) is 19.1 Å². The molecule has 0 radical (unpaired) electrons. The van der Waals surface area contributed by atoms with Gasteiger partial charge in [-0.3, -0.25) is 14.5 Å². The van der Waals surface area contributed by atoms with Gasteiger partial charge in [-0.05, 0) is 23.8 Å². The summed E-state index contributed by atoms with van der Waals surface area (Å²) in [6.45, 7) is 0. The molecule has 2 amide bonds. The van der Waals surface area contributed by atoms with E-state index >= 15 is 0 Å². The number of fused-ring (bicyclic) bond motifs is 1. The van der Waals surface area contributed by atoms with Gasteiger partial charge < -0.3 is 15.2 Å². The summed E-state index contributed by atoms with van der Waals surface area (Å²) in [6, 6.07) is 11.6. The average molecular weight is 326 g/mol. The van der Waals surface area contributed by atoms with Crippen molar-refractivity contribution in [2.24, 2.45) is 5.73 Å². The number of benzene rings is 2. The van der Waals surface area contributed by atoms with Crippen molar-refractivity contribution in [1.29, 1.82) is 0 Å². The number of nitrogens with two attached hydrogens (primary N) is 1. The molecule has 0 bridgehead atoms. The molecule has 3 rings (SSSR count). The van der Waals surface area contributed by atoms with Gasteiger partial charge in [-0.15, -0.1) is 0 Å². The Balaban J connectivity index is 2.06. The molecule has 2 aromatic carbocycles. The van der Waals surface area contributed by atoms with Crippen molar-refractivity contribution in [1.82, 2.24) is 0 Å². The maximum Gasteiger partial charge on any atom is 0.262 e. The number of primary amides is 1. The number of hydrogen-bond acceptors (Lipinski definition) is 4. The van der Waals surface area contributed by atoms with Gasteiger partial charge in [0.25, 0.3) is 5.91 Å². The molecule has 1 aliphatic heterocycles. The zero-order valence-corrected chi connectivity index (χ0v) is 13.5. The first kappa shape index (κ1) is 15.9. The molecule has 1 aliphatic rings. The number of nitrogens with zero attached hydrogens (tertiary/aromatic N) is 1. The maximum absolute atomic E-state index is 13.1. The summed E-state index contributed by atoms with van der Waals surface area (Å²) in [6.07, 6.45) is 0.412. The first-order valence-corrected chi connectivity index (χ1v) is 7.49. The van der Waals surface area contributed by atoms with E-state index in [0.717, 1.165) is 5.56 Å². The number of ether oxygens (including phenoxy) is 2. The molecule has 0 saturated carbocycles. The summed E-state index contributed by atoms with van der Waals surface area (Å²) in [4.78, 5) is 26.4. The van der Waals surface area contributed by atoms with Crippen molar-refractivity contribution in [3.05, 3.63) is 53.6 Å². The number of methoxy groups -OCH3 is 2. The summed E-state index contributed by atoms with van der Waals surface area (Å²) in [5.74, 6) is 0.0962. The highest BCUT2D eigenvalue weighted by Gasteiger charge is 2.38. The van der Waals surface area contributed by atoms with Crippen molar-refractivity contribution in [3.8, 4) is 11.5 Å². The highest BCUT2D eigenvalue weighted by Crippen LogP contribution is 2.35. The van der Waals surface area contributed by atoms with Gasteiger partial charge in [0.2, 0.25) is 5.91 Å². The molecular weight excluding hydrogens is 308 g/mol. The summed E-state index contributed by atoms with van der Waals surface area (Å²) < 4.78 is 10.5. The van der Waals surface area contributed by atoms with Gasteiger partial charge in [-0.1, -0.05) is 18.2 Å². The van der Waals surface area contributed by atoms with E-state index in [1.807, 2.05) is 24.3 Å². The predicted molar refractivity (Wildman–Crippen MR) is 89.5 cm³/mol. The normalized spacial score (nSPS) is 15.8. The van der Waals surface area contributed by atoms with Gasteiger partial charge in [-0.2, -0.15) is 0 Å². The third kappa shape index (κ3) is 2.56. The molecule has 2 aromatic rings. The summed E-state index contributed by atoms with van der Waals surface area (Å²) >= 11 is 0. The van der Waals surface area contributed by atoms with Crippen LogP contribution in [0.1, 0.15) is 15.9 Å². The predicted octanol–water partition coefficient (Wildman–Crippen LogP) is 1.76. The lowest BCUT2D eigenvalue weighted by Gasteiger charge is -2.24. The van der Waals surface area contributed by atoms with E-state index in [-0.39, 0.29) is 5.91 Å². The maximum atomic E-state index is 13.1. The number of rotatable bonds is 4. The van der Waals surface area contributed by atoms with Gasteiger partial charge in [0.1, 0.15) is 17.5 Å². The molecule has 0 aliphatic carbocycles. The molecule has 24 heavy (non-hydrogen) atoms. The Kier molecular flexibility index (Phi) is 4.12. The van der Waals surface area contributed by atoms with Crippen LogP contribution in [0.15, 0.2) is 42.5 Å². The molecule has 6 nitrogen and oxygen atoms in total. The van der Waals surface area contributed by atoms with Crippen LogP contribution in [-0.4, -0.2) is 32.1 Å². The molecule has 0 saturated heterocycles. The van der Waals surface area contributed by atoms with Gasteiger partial charge in [0.05, 0.1) is 19.8 Å². The third-order valence-corrected chi connectivity index (χ3v) is 4.16. The van der Waals surface area contributed by atoms with Crippen molar-refractivity contribution >= 4 is 17.5 Å². The zero-order valence-electron chi connectivity index (χ0n) is 13.5. The second kappa shape index (κ2) is 6.23. The number of anilines is 1. The van der Waals surface area contributed by atoms with Crippen molar-refractivity contribution in [2.75, 3.05) is 19.1 Å². The minimum atomic E-state index is -0.707. The van der Waals surface area contributed by atoms with Crippen LogP contribution in [0.3, 0.4) is 0 Å². The van der Waals surface area contributed by atoms with Crippen molar-refractivity contribution < 1.29 is 19.1 Å². The third-order valence-electron chi connectivity index (χ3n) is 4.16. The van der Waals surface area contributed by atoms with Crippen LogP contribution in [0.5, 0.6) is 11.5 Å². The molecule has 6 heteroatoms. The summed E-state index contributed by atoms with van der Waals surface area (Å²) in [7, 11) is 3.02. The molecule has 1 atom stereocenters. The zero-order chi connectivity index (χ0) is 17.3. The average Bonchev–Trinajstić information content (AvgIpc) is 3.00. The fourth-order valence-corrected chi connectivity index (χ4v) is 2.97. The molecule has 0 unspecified atom stereocenters. The van der Waals surface area contributed by atoms with Crippen LogP contribution < -0.4 is 20.1 Å². The highest BCUT2D eigenvalue weighted by atomic mass is 16.5. The Morgan fingerprint density at radius 2 is 1.88 bits per heavy atom. The quantitative estimate of drug-likeness (QED) is 0.928. The highest BCUT2D eigenvalue weighted by molar-refractivity contribution is 6.12. The summed E-state index contributed by atoms with van der Waals surface area (Å²) in [5.41, 5.74) is 7.48. The fraction of sp³-hybridized carbons (Fsp3) is 0.222. The Bertz CT molecular complexity index is 803. The molecule has 0 spiro atoms. The van der Waals surface area contributed by atoms with Crippen LogP contribution in [-0.2, 0) is 11.2 Å².